The van der Waals surface area contributed by atoms with Crippen LogP contribution in [0.2, 0.25) is 5.02 Å². The lowest BCUT2D eigenvalue weighted by Gasteiger charge is -2.18. The number of fused-ring (bicyclic) bond motifs is 1. The van der Waals surface area contributed by atoms with Crippen LogP contribution in [0.4, 0.5) is 0 Å². The Labute approximate surface area is 222 Å². The summed E-state index contributed by atoms with van der Waals surface area (Å²) in [5.74, 6) is 2.05. The molecule has 0 spiro atoms. The molecule has 37 heavy (non-hydrogen) atoms. The van der Waals surface area contributed by atoms with Gasteiger partial charge in [0.15, 0.2) is 11.2 Å². The number of hydrogen-bond acceptors (Lipinski definition) is 6. The zero-order valence-electron chi connectivity index (χ0n) is 21.4. The molecule has 1 saturated carbocycles. The van der Waals surface area contributed by atoms with Gasteiger partial charge in [0, 0.05) is 12.1 Å². The molecule has 2 aliphatic rings. The van der Waals surface area contributed by atoms with Gasteiger partial charge in [-0.1, -0.05) is 41.9 Å². The molecule has 0 radical (unpaired) electrons. The molecule has 1 atom stereocenters. The maximum atomic E-state index is 6.89. The second kappa shape index (κ2) is 9.95. The Hall–Kier alpha value is -3.16. The maximum Gasteiger partial charge on any atom is 0.245 e. The topological polar surface area (TPSA) is 65.3 Å². The molecular formula is C29H32ClN5O2. The third-order valence-electron chi connectivity index (χ3n) is 7.36. The quantitative estimate of drug-likeness (QED) is 0.300. The zero-order valence-corrected chi connectivity index (χ0v) is 22.1. The summed E-state index contributed by atoms with van der Waals surface area (Å²) >= 11 is 6.89. The number of likely N-dealkylation sites (tertiary alicyclic amines) is 1. The summed E-state index contributed by atoms with van der Waals surface area (Å²) < 4.78 is 14.7. The number of imidazole rings is 1. The van der Waals surface area contributed by atoms with Crippen LogP contribution in [0.5, 0.6) is 11.6 Å². The highest BCUT2D eigenvalue weighted by atomic mass is 35.5. The van der Waals surface area contributed by atoms with E-state index < -0.39 is 0 Å². The van der Waals surface area contributed by atoms with Gasteiger partial charge in [-0.3, -0.25) is 0 Å². The van der Waals surface area contributed by atoms with Gasteiger partial charge in [-0.25, -0.2) is 9.97 Å². The minimum atomic E-state index is -0.173. The van der Waals surface area contributed by atoms with E-state index in [1.165, 1.54) is 0 Å². The van der Waals surface area contributed by atoms with E-state index in [9.17, 15) is 0 Å². The molecule has 1 saturated heterocycles. The predicted molar refractivity (Wildman–Crippen MR) is 145 cm³/mol. The highest BCUT2D eigenvalue weighted by Gasteiger charge is 2.41. The van der Waals surface area contributed by atoms with Gasteiger partial charge in [0.25, 0.3) is 0 Å². The third kappa shape index (κ3) is 5.29. The average molecular weight is 518 g/mol. The van der Waals surface area contributed by atoms with Crippen LogP contribution in [0.1, 0.15) is 44.6 Å². The molecule has 4 aromatic rings. The van der Waals surface area contributed by atoms with Gasteiger partial charge < -0.3 is 18.9 Å². The Morgan fingerprint density at radius 2 is 1.89 bits per heavy atom. The van der Waals surface area contributed by atoms with Gasteiger partial charge >= 0.3 is 0 Å². The average Bonchev–Trinajstić information content (AvgIpc) is 3.56. The van der Waals surface area contributed by atoms with Gasteiger partial charge in [0.05, 0.1) is 17.7 Å². The highest BCUT2D eigenvalue weighted by Crippen LogP contribution is 2.41. The monoisotopic (exact) mass is 517 g/mol. The first-order valence-electron chi connectivity index (χ1n) is 13.1. The molecule has 8 heteroatoms. The second-order valence-corrected chi connectivity index (χ2v) is 10.9. The van der Waals surface area contributed by atoms with Crippen molar-refractivity contribution in [3.8, 4) is 23.0 Å². The smallest absolute Gasteiger partial charge is 0.245 e. The van der Waals surface area contributed by atoms with Crippen molar-refractivity contribution in [2.75, 3.05) is 20.1 Å². The number of ether oxygens (including phenoxy) is 2. The Bertz CT molecular complexity index is 1400. The summed E-state index contributed by atoms with van der Waals surface area (Å²) in [5, 5.41) is 0.595. The molecule has 6 rings (SSSR count). The molecule has 2 aromatic carbocycles. The molecule has 2 fully saturated rings. The summed E-state index contributed by atoms with van der Waals surface area (Å²) in [5.41, 5.74) is 3.18. The first kappa shape index (κ1) is 24.2. The predicted octanol–water partition coefficient (Wildman–Crippen LogP) is 5.99. The van der Waals surface area contributed by atoms with Crippen LogP contribution in [0, 0.1) is 0 Å². The van der Waals surface area contributed by atoms with Crippen molar-refractivity contribution in [3.05, 3.63) is 65.4 Å². The van der Waals surface area contributed by atoms with Crippen LogP contribution in [0.25, 0.3) is 22.6 Å². The summed E-state index contributed by atoms with van der Waals surface area (Å²) in [7, 11) is 2.17. The highest BCUT2D eigenvalue weighted by molar-refractivity contribution is 6.33. The Kier molecular flexibility index (Phi) is 6.51. The molecule has 2 aromatic heterocycles. The van der Waals surface area contributed by atoms with Gasteiger partial charge in [-0.2, -0.15) is 4.98 Å². The molecule has 3 heterocycles. The lowest BCUT2D eigenvalue weighted by Crippen LogP contribution is -2.21. The SMILES string of the molecule is CN1CCC[C@H](Oc2ccc(-c3nc4c(OC5(C)CC5)ncnc4n3Cc3ccccc3)c(Cl)c2)CC1. The molecule has 0 unspecified atom stereocenters. The third-order valence-corrected chi connectivity index (χ3v) is 7.67. The molecule has 1 aliphatic carbocycles. The molecule has 1 aliphatic heterocycles. The molecule has 0 bridgehead atoms. The van der Waals surface area contributed by atoms with Gasteiger partial charge in [0.1, 0.15) is 23.5 Å². The van der Waals surface area contributed by atoms with Gasteiger partial charge in [-0.15, -0.1) is 0 Å². The summed E-state index contributed by atoms with van der Waals surface area (Å²) in [6.07, 6.45) is 7.00. The molecular weight excluding hydrogens is 486 g/mol. The van der Waals surface area contributed by atoms with Crippen LogP contribution in [-0.2, 0) is 6.54 Å². The minimum absolute atomic E-state index is 0.173. The molecule has 7 nitrogen and oxygen atoms in total. The molecule has 0 amide bonds. The van der Waals surface area contributed by atoms with Crippen molar-refractivity contribution >= 4 is 22.8 Å². The summed E-state index contributed by atoms with van der Waals surface area (Å²) in [6.45, 7) is 4.87. The minimum Gasteiger partial charge on any atom is -0.490 e. The number of nitrogens with zero attached hydrogens (tertiary/aromatic N) is 5. The fraction of sp³-hybridized carbons (Fsp3) is 0.414. The van der Waals surface area contributed by atoms with E-state index in [1.54, 1.807) is 6.33 Å². The Morgan fingerprint density at radius 1 is 1.05 bits per heavy atom. The Morgan fingerprint density at radius 3 is 2.68 bits per heavy atom. The van der Waals surface area contributed by atoms with Gasteiger partial charge in [-0.05, 0) is 76.4 Å². The summed E-state index contributed by atoms with van der Waals surface area (Å²) in [4.78, 5) is 16.4. The normalized spacial score (nSPS) is 19.5. The van der Waals surface area contributed by atoms with Crippen molar-refractivity contribution in [3.63, 3.8) is 0 Å². The number of hydrogen-bond donors (Lipinski definition) is 0. The van der Waals surface area contributed by atoms with Crippen LogP contribution < -0.4 is 9.47 Å². The van der Waals surface area contributed by atoms with Crippen LogP contribution >= 0.6 is 11.6 Å². The van der Waals surface area contributed by atoms with E-state index in [-0.39, 0.29) is 11.7 Å². The maximum absolute atomic E-state index is 6.89. The van der Waals surface area contributed by atoms with E-state index in [0.29, 0.717) is 23.0 Å². The van der Waals surface area contributed by atoms with Crippen molar-refractivity contribution in [2.24, 2.45) is 0 Å². The molecule has 192 valence electrons. The van der Waals surface area contributed by atoms with Crippen molar-refractivity contribution in [2.45, 2.75) is 57.3 Å². The number of benzene rings is 2. The second-order valence-electron chi connectivity index (χ2n) is 10.5. The number of rotatable bonds is 7. The molecule has 0 N–H and O–H groups in total. The first-order valence-corrected chi connectivity index (χ1v) is 13.4. The van der Waals surface area contributed by atoms with Crippen LogP contribution in [0.15, 0.2) is 54.9 Å². The van der Waals surface area contributed by atoms with Crippen LogP contribution in [-0.4, -0.2) is 56.3 Å². The van der Waals surface area contributed by atoms with Crippen molar-refractivity contribution < 1.29 is 9.47 Å². The van der Waals surface area contributed by atoms with Crippen molar-refractivity contribution in [1.82, 2.24) is 24.4 Å². The lowest BCUT2D eigenvalue weighted by atomic mass is 10.1. The van der Waals surface area contributed by atoms with E-state index in [0.717, 1.165) is 73.5 Å². The fourth-order valence-corrected chi connectivity index (χ4v) is 5.15. The zero-order chi connectivity index (χ0) is 25.4. The van der Waals surface area contributed by atoms with E-state index in [4.69, 9.17) is 26.1 Å². The van der Waals surface area contributed by atoms with Gasteiger partial charge in [0.2, 0.25) is 5.88 Å². The lowest BCUT2D eigenvalue weighted by molar-refractivity contribution is 0.183. The first-order chi connectivity index (χ1) is 18.0. The van der Waals surface area contributed by atoms with Crippen molar-refractivity contribution in [1.29, 1.82) is 0 Å². The number of halogens is 1. The van der Waals surface area contributed by atoms with E-state index in [2.05, 4.69) is 45.5 Å². The largest absolute Gasteiger partial charge is 0.490 e. The van der Waals surface area contributed by atoms with E-state index in [1.807, 2.05) is 36.4 Å². The van der Waals surface area contributed by atoms with E-state index >= 15 is 0 Å². The number of aromatic nitrogens is 4. The fourth-order valence-electron chi connectivity index (χ4n) is 4.89. The standard InChI is InChI=1S/C29H32ClN5O2/c1-29(13-14-29)37-28-25-27(31-19-32-28)35(18-20-7-4-3-5-8-20)26(33-25)23-11-10-22(17-24(23)30)36-21-9-6-15-34(2)16-12-21/h3-5,7-8,10-11,17,19,21H,6,9,12-16,18H2,1-2H3/t21-/m0/s1. The summed E-state index contributed by atoms with van der Waals surface area (Å²) in [6, 6.07) is 16.2. The Balaban J connectivity index is 1.37. The van der Waals surface area contributed by atoms with Crippen LogP contribution in [0.3, 0.4) is 0 Å².